The molecule has 2 aromatic carbocycles. The summed E-state index contributed by atoms with van der Waals surface area (Å²) in [7, 11) is 0. The smallest absolute Gasteiger partial charge is 0.272 e. The number of benzene rings is 2. The second-order valence-corrected chi connectivity index (χ2v) is 7.07. The summed E-state index contributed by atoms with van der Waals surface area (Å²) < 4.78 is 15.8. The van der Waals surface area contributed by atoms with Gasteiger partial charge in [0.1, 0.15) is 10.3 Å². The quantitative estimate of drug-likeness (QED) is 0.623. The molecular weight excluding hydrogens is 388 g/mol. The van der Waals surface area contributed by atoms with E-state index in [0.717, 1.165) is 5.52 Å². The minimum absolute atomic E-state index is 0.0945. The fraction of sp³-hybridized carbons (Fsp3) is 0.200. The van der Waals surface area contributed by atoms with E-state index in [2.05, 4.69) is 10.4 Å². The number of para-hydroxylation sites is 1. The van der Waals surface area contributed by atoms with E-state index < -0.39 is 0 Å². The molecule has 0 saturated carbocycles. The van der Waals surface area contributed by atoms with Crippen LogP contribution < -0.4 is 5.32 Å². The van der Waals surface area contributed by atoms with Crippen LogP contribution in [0.1, 0.15) is 29.4 Å². The highest BCUT2D eigenvalue weighted by Gasteiger charge is 2.19. The Morgan fingerprint density at radius 2 is 1.93 bits per heavy atom. The number of nitrogens with zero attached hydrogens (tertiary/aromatic N) is 2. The van der Waals surface area contributed by atoms with E-state index in [9.17, 15) is 9.18 Å². The number of carbonyl (C=O) groups excluding carboxylic acids is 1. The highest BCUT2D eigenvalue weighted by Crippen LogP contribution is 2.21. The van der Waals surface area contributed by atoms with Crippen LogP contribution in [-0.2, 0) is 6.54 Å². The van der Waals surface area contributed by atoms with Crippen LogP contribution in [0.3, 0.4) is 0 Å². The molecule has 1 amide bonds. The molecule has 0 aliphatic heterocycles. The first-order valence-corrected chi connectivity index (χ1v) is 9.27. The highest BCUT2D eigenvalue weighted by molar-refractivity contribution is 6.55. The predicted octanol–water partition coefficient (Wildman–Crippen LogP) is 5.05. The van der Waals surface area contributed by atoms with Gasteiger partial charge in [0.15, 0.2) is 5.69 Å². The fourth-order valence-electron chi connectivity index (χ4n) is 2.85. The zero-order valence-corrected chi connectivity index (χ0v) is 16.1. The summed E-state index contributed by atoms with van der Waals surface area (Å²) in [5.41, 5.74) is 1.53. The first kappa shape index (κ1) is 19.4. The number of carbonyl (C=O) groups is 1. The normalized spacial score (nSPS) is 12.0. The number of hydrogen-bond acceptors (Lipinski definition) is 2. The maximum Gasteiger partial charge on any atom is 0.272 e. The van der Waals surface area contributed by atoms with Crippen molar-refractivity contribution in [1.82, 2.24) is 15.1 Å². The van der Waals surface area contributed by atoms with Gasteiger partial charge in [0.05, 0.1) is 12.1 Å². The lowest BCUT2D eigenvalue weighted by Gasteiger charge is -2.11. The minimum Gasteiger partial charge on any atom is -0.344 e. The van der Waals surface area contributed by atoms with Crippen molar-refractivity contribution in [3.63, 3.8) is 0 Å². The van der Waals surface area contributed by atoms with Crippen LogP contribution in [0.2, 0.25) is 0 Å². The molecule has 0 spiro atoms. The fourth-order valence-corrected chi connectivity index (χ4v) is 3.16. The predicted molar refractivity (Wildman–Crippen MR) is 107 cm³/mol. The minimum atomic E-state index is -0.337. The number of nitrogens with one attached hydrogen (secondary N) is 1. The third-order valence-corrected chi connectivity index (χ3v) is 4.49. The highest BCUT2D eigenvalue weighted by atomic mass is 35.5. The lowest BCUT2D eigenvalue weighted by molar-refractivity contribution is 0.0939. The Bertz CT molecular complexity index is 996. The van der Waals surface area contributed by atoms with E-state index in [4.69, 9.17) is 23.2 Å². The molecule has 0 radical (unpaired) electrons. The summed E-state index contributed by atoms with van der Waals surface area (Å²) in [6, 6.07) is 13.6. The first-order valence-electron chi connectivity index (χ1n) is 8.52. The van der Waals surface area contributed by atoms with Gasteiger partial charge in [-0.2, -0.15) is 5.10 Å². The molecule has 3 aromatic rings. The maximum atomic E-state index is 14.0. The second kappa shape index (κ2) is 8.55. The van der Waals surface area contributed by atoms with Gasteiger partial charge in [-0.1, -0.05) is 66.5 Å². The molecule has 1 atom stereocenters. The van der Waals surface area contributed by atoms with Gasteiger partial charge in [-0.25, -0.2) is 4.39 Å². The van der Waals surface area contributed by atoms with E-state index in [-0.39, 0.29) is 34.5 Å². The molecule has 140 valence electrons. The Kier molecular flexibility index (Phi) is 6.14. The lowest BCUT2D eigenvalue weighted by atomic mass is 10.1. The van der Waals surface area contributed by atoms with Crippen LogP contribution in [0.25, 0.3) is 10.9 Å². The van der Waals surface area contributed by atoms with Crippen LogP contribution in [0.4, 0.5) is 4.39 Å². The summed E-state index contributed by atoms with van der Waals surface area (Å²) in [5, 5.41) is 8.00. The van der Waals surface area contributed by atoms with Crippen molar-refractivity contribution in [2.45, 2.75) is 25.9 Å². The Balaban J connectivity index is 1.96. The molecule has 1 N–H and O–H groups in total. The molecule has 1 aromatic heterocycles. The molecule has 0 saturated heterocycles. The van der Waals surface area contributed by atoms with Crippen molar-refractivity contribution < 1.29 is 9.18 Å². The van der Waals surface area contributed by atoms with Gasteiger partial charge < -0.3 is 5.32 Å². The molecule has 0 aliphatic rings. The first-order chi connectivity index (χ1) is 13.0. The van der Waals surface area contributed by atoms with Crippen LogP contribution in [0, 0.1) is 5.82 Å². The van der Waals surface area contributed by atoms with Crippen molar-refractivity contribution in [2.24, 2.45) is 0 Å². The zero-order chi connectivity index (χ0) is 19.4. The van der Waals surface area contributed by atoms with Gasteiger partial charge in [0, 0.05) is 17.0 Å². The van der Waals surface area contributed by atoms with Crippen molar-refractivity contribution in [2.75, 3.05) is 0 Å². The van der Waals surface area contributed by atoms with Gasteiger partial charge >= 0.3 is 0 Å². The molecular formula is C20H18Cl2FN3O. The van der Waals surface area contributed by atoms with E-state index in [1.54, 1.807) is 29.0 Å². The van der Waals surface area contributed by atoms with Gasteiger partial charge in [-0.05, 0) is 24.6 Å². The second-order valence-electron chi connectivity index (χ2n) is 6.06. The standard InChI is InChI=1S/C20H18Cl2FN3O/c1-2-14(11-18(21)22)24-20(27)19-15-8-4-6-10-17(15)26(25-19)12-13-7-3-5-9-16(13)23/h3-11,14H,2,12H2,1H3,(H,24,27). The lowest BCUT2D eigenvalue weighted by Crippen LogP contribution is -2.33. The Morgan fingerprint density at radius 3 is 2.63 bits per heavy atom. The molecule has 4 nitrogen and oxygen atoms in total. The number of hydrogen-bond donors (Lipinski definition) is 1. The van der Waals surface area contributed by atoms with Gasteiger partial charge in [-0.15, -0.1) is 0 Å². The molecule has 3 rings (SSSR count). The summed E-state index contributed by atoms with van der Waals surface area (Å²) in [4.78, 5) is 12.8. The van der Waals surface area contributed by atoms with E-state index in [0.29, 0.717) is 17.4 Å². The molecule has 1 unspecified atom stereocenters. The number of aromatic nitrogens is 2. The summed E-state index contributed by atoms with van der Waals surface area (Å²) >= 11 is 11.4. The molecule has 1 heterocycles. The van der Waals surface area contributed by atoms with Crippen molar-refractivity contribution in [3.8, 4) is 0 Å². The van der Waals surface area contributed by atoms with Gasteiger partial charge in [0.25, 0.3) is 5.91 Å². The Hall–Kier alpha value is -2.37. The molecule has 0 bridgehead atoms. The average molecular weight is 406 g/mol. The van der Waals surface area contributed by atoms with Crippen LogP contribution in [0.15, 0.2) is 59.1 Å². The summed E-state index contributed by atoms with van der Waals surface area (Å²) in [6.45, 7) is 2.14. The van der Waals surface area contributed by atoms with Crippen LogP contribution in [-0.4, -0.2) is 21.7 Å². The SMILES string of the molecule is CCC(C=C(Cl)Cl)NC(=O)c1nn(Cc2ccccc2F)c2ccccc12. The molecule has 0 aliphatic carbocycles. The van der Waals surface area contributed by atoms with Gasteiger partial charge in [0.2, 0.25) is 0 Å². The Morgan fingerprint density at radius 1 is 1.22 bits per heavy atom. The monoisotopic (exact) mass is 405 g/mol. The van der Waals surface area contributed by atoms with Crippen molar-refractivity contribution >= 4 is 40.0 Å². The zero-order valence-electron chi connectivity index (χ0n) is 14.6. The van der Waals surface area contributed by atoms with Crippen LogP contribution >= 0.6 is 23.2 Å². The van der Waals surface area contributed by atoms with E-state index >= 15 is 0 Å². The molecule has 0 fully saturated rings. The topological polar surface area (TPSA) is 46.9 Å². The average Bonchev–Trinajstić information content (AvgIpc) is 3.01. The summed E-state index contributed by atoms with van der Waals surface area (Å²) in [5.74, 6) is -0.646. The maximum absolute atomic E-state index is 14.0. The number of rotatable bonds is 6. The van der Waals surface area contributed by atoms with E-state index in [1.807, 2.05) is 31.2 Å². The van der Waals surface area contributed by atoms with E-state index in [1.165, 1.54) is 6.07 Å². The Labute approximate surface area is 166 Å². The van der Waals surface area contributed by atoms with Crippen LogP contribution in [0.5, 0.6) is 0 Å². The molecule has 7 heteroatoms. The number of fused-ring (bicyclic) bond motifs is 1. The van der Waals surface area contributed by atoms with Gasteiger partial charge in [-0.3, -0.25) is 9.48 Å². The molecule has 27 heavy (non-hydrogen) atoms. The van der Waals surface area contributed by atoms with Crippen molar-refractivity contribution in [3.05, 3.63) is 76.2 Å². The third kappa shape index (κ3) is 4.49. The number of halogens is 3. The number of amides is 1. The van der Waals surface area contributed by atoms with Crippen molar-refractivity contribution in [1.29, 1.82) is 0 Å². The summed E-state index contributed by atoms with van der Waals surface area (Å²) in [6.07, 6.45) is 2.20. The largest absolute Gasteiger partial charge is 0.344 e. The third-order valence-electron chi connectivity index (χ3n) is 4.23.